The van der Waals surface area contributed by atoms with Gasteiger partial charge in [0.15, 0.2) is 5.54 Å². The van der Waals surface area contributed by atoms with Gasteiger partial charge < -0.3 is 10.4 Å². The molecule has 5 heteroatoms. The molecule has 0 aliphatic rings. The smallest absolute Gasteiger partial charge is 0.333 e. The molecule has 3 nitrogen and oxygen atoms in total. The van der Waals surface area contributed by atoms with Crippen LogP contribution in [0.15, 0.2) is 53.4 Å². The van der Waals surface area contributed by atoms with Crippen molar-refractivity contribution in [1.82, 2.24) is 0 Å². The van der Waals surface area contributed by atoms with Gasteiger partial charge in [-0.25, -0.2) is 9.18 Å². The van der Waals surface area contributed by atoms with E-state index in [1.54, 1.807) is 30.8 Å². The van der Waals surface area contributed by atoms with E-state index < -0.39 is 11.5 Å². The number of hydrogen-bond donors (Lipinski definition) is 2. The Balaban J connectivity index is 2.34. The van der Waals surface area contributed by atoms with Gasteiger partial charge in [0.2, 0.25) is 0 Å². The SMILES string of the molecule is CSc1ccc(C(C)(Nc2ccc(F)cc2)C(=O)O)cc1. The van der Waals surface area contributed by atoms with Crippen LogP contribution < -0.4 is 5.32 Å². The standard InChI is InChI=1S/C16H16FNO2S/c1-16(15(19)20,11-3-9-14(21-2)10-4-11)18-13-7-5-12(17)6-8-13/h3-10,18H,1-2H3,(H,19,20). The Morgan fingerprint density at radius 1 is 1.14 bits per heavy atom. The van der Waals surface area contributed by atoms with Crippen LogP contribution in [-0.4, -0.2) is 17.3 Å². The van der Waals surface area contributed by atoms with Gasteiger partial charge in [-0.2, -0.15) is 0 Å². The molecule has 110 valence electrons. The molecular weight excluding hydrogens is 289 g/mol. The van der Waals surface area contributed by atoms with Crippen molar-refractivity contribution in [1.29, 1.82) is 0 Å². The number of carboxylic acid groups (broad SMARTS) is 1. The molecule has 0 aliphatic heterocycles. The van der Waals surface area contributed by atoms with Crippen molar-refractivity contribution >= 4 is 23.4 Å². The van der Waals surface area contributed by atoms with Crippen LogP contribution in [0.3, 0.4) is 0 Å². The number of carboxylic acids is 1. The first-order valence-corrected chi connectivity index (χ1v) is 7.60. The first kappa shape index (κ1) is 15.4. The summed E-state index contributed by atoms with van der Waals surface area (Å²) in [5, 5.41) is 12.5. The van der Waals surface area contributed by atoms with Crippen LogP contribution in [0.4, 0.5) is 10.1 Å². The number of benzene rings is 2. The molecular formula is C16H16FNO2S. The highest BCUT2D eigenvalue weighted by atomic mass is 32.2. The van der Waals surface area contributed by atoms with Gasteiger partial charge in [-0.3, -0.25) is 0 Å². The Labute approximate surface area is 127 Å². The van der Waals surface area contributed by atoms with Gasteiger partial charge in [0.05, 0.1) is 0 Å². The summed E-state index contributed by atoms with van der Waals surface area (Å²) in [4.78, 5) is 12.8. The van der Waals surface area contributed by atoms with Crippen LogP contribution in [0.5, 0.6) is 0 Å². The summed E-state index contributed by atoms with van der Waals surface area (Å²) < 4.78 is 12.9. The number of thioether (sulfide) groups is 1. The molecule has 0 aromatic heterocycles. The summed E-state index contributed by atoms with van der Waals surface area (Å²) in [6.45, 7) is 1.59. The van der Waals surface area contributed by atoms with E-state index in [-0.39, 0.29) is 5.82 Å². The van der Waals surface area contributed by atoms with Crippen LogP contribution >= 0.6 is 11.8 Å². The minimum Gasteiger partial charge on any atom is -0.479 e. The molecule has 0 heterocycles. The summed E-state index contributed by atoms with van der Waals surface area (Å²) >= 11 is 1.59. The van der Waals surface area contributed by atoms with Gasteiger partial charge in [0, 0.05) is 10.6 Å². The van der Waals surface area contributed by atoms with Crippen LogP contribution in [0, 0.1) is 5.82 Å². The second-order valence-corrected chi connectivity index (χ2v) is 5.67. The number of hydrogen-bond acceptors (Lipinski definition) is 3. The molecule has 0 fully saturated rings. The molecule has 2 aromatic carbocycles. The minimum atomic E-state index is -1.28. The van der Waals surface area contributed by atoms with E-state index >= 15 is 0 Å². The number of carbonyl (C=O) groups is 1. The number of halogens is 1. The molecule has 0 saturated carbocycles. The van der Waals surface area contributed by atoms with Crippen LogP contribution in [0.25, 0.3) is 0 Å². The maximum atomic E-state index is 12.9. The molecule has 2 aromatic rings. The zero-order valence-corrected chi connectivity index (χ0v) is 12.6. The average Bonchev–Trinajstić information content (AvgIpc) is 2.49. The normalized spacial score (nSPS) is 13.5. The second kappa shape index (κ2) is 6.18. The summed E-state index contributed by atoms with van der Waals surface area (Å²) in [6, 6.07) is 13.0. The zero-order chi connectivity index (χ0) is 15.5. The molecule has 2 rings (SSSR count). The Morgan fingerprint density at radius 2 is 1.71 bits per heavy atom. The van der Waals surface area contributed by atoms with E-state index in [2.05, 4.69) is 5.32 Å². The lowest BCUT2D eigenvalue weighted by atomic mass is 9.91. The summed E-state index contributed by atoms with van der Waals surface area (Å²) in [5.74, 6) is -1.36. The Bertz CT molecular complexity index is 628. The van der Waals surface area contributed by atoms with Gasteiger partial charge in [-0.05, 0) is 55.1 Å². The number of anilines is 1. The van der Waals surface area contributed by atoms with E-state index in [1.165, 1.54) is 24.3 Å². The zero-order valence-electron chi connectivity index (χ0n) is 11.8. The number of aliphatic carboxylic acids is 1. The summed E-state index contributed by atoms with van der Waals surface area (Å²) in [5.41, 5.74) is -0.0956. The highest BCUT2D eigenvalue weighted by Gasteiger charge is 2.35. The fourth-order valence-electron chi connectivity index (χ4n) is 2.00. The van der Waals surface area contributed by atoms with E-state index in [0.29, 0.717) is 11.3 Å². The van der Waals surface area contributed by atoms with E-state index in [9.17, 15) is 14.3 Å². The van der Waals surface area contributed by atoms with Crippen molar-refractivity contribution in [3.8, 4) is 0 Å². The van der Waals surface area contributed by atoms with Crippen molar-refractivity contribution in [2.75, 3.05) is 11.6 Å². The summed E-state index contributed by atoms with van der Waals surface area (Å²) in [7, 11) is 0. The van der Waals surface area contributed by atoms with Gasteiger partial charge in [0.1, 0.15) is 5.82 Å². The maximum absolute atomic E-state index is 12.9. The third-order valence-corrected chi connectivity index (χ3v) is 4.08. The van der Waals surface area contributed by atoms with Gasteiger partial charge in [-0.1, -0.05) is 12.1 Å². The van der Waals surface area contributed by atoms with Crippen molar-refractivity contribution < 1.29 is 14.3 Å². The quantitative estimate of drug-likeness (QED) is 0.821. The van der Waals surface area contributed by atoms with E-state index in [4.69, 9.17) is 0 Å². The maximum Gasteiger partial charge on any atom is 0.333 e. The predicted molar refractivity (Wildman–Crippen MR) is 83.2 cm³/mol. The monoisotopic (exact) mass is 305 g/mol. The van der Waals surface area contributed by atoms with Crippen LogP contribution in [0.2, 0.25) is 0 Å². The van der Waals surface area contributed by atoms with Gasteiger partial charge in [0.25, 0.3) is 0 Å². The Hall–Kier alpha value is -2.01. The average molecular weight is 305 g/mol. The van der Waals surface area contributed by atoms with Gasteiger partial charge in [-0.15, -0.1) is 11.8 Å². The lowest BCUT2D eigenvalue weighted by Crippen LogP contribution is -2.40. The minimum absolute atomic E-state index is 0.359. The molecule has 1 atom stereocenters. The number of nitrogens with one attached hydrogen (secondary N) is 1. The molecule has 0 saturated heterocycles. The van der Waals surface area contributed by atoms with Gasteiger partial charge >= 0.3 is 5.97 Å². The van der Waals surface area contributed by atoms with Crippen molar-refractivity contribution in [2.24, 2.45) is 0 Å². The molecule has 0 spiro atoms. The first-order chi connectivity index (χ1) is 9.95. The predicted octanol–water partition coefficient (Wildman–Crippen LogP) is 3.96. The van der Waals surface area contributed by atoms with Crippen molar-refractivity contribution in [3.63, 3.8) is 0 Å². The highest BCUT2D eigenvalue weighted by molar-refractivity contribution is 7.98. The fraction of sp³-hybridized carbons (Fsp3) is 0.188. The molecule has 0 aliphatic carbocycles. The van der Waals surface area contributed by atoms with Crippen LogP contribution in [-0.2, 0) is 10.3 Å². The van der Waals surface area contributed by atoms with E-state index in [1.807, 2.05) is 18.4 Å². The molecule has 0 bridgehead atoms. The van der Waals surface area contributed by atoms with Crippen molar-refractivity contribution in [2.45, 2.75) is 17.4 Å². The lowest BCUT2D eigenvalue weighted by Gasteiger charge is -2.28. The Morgan fingerprint density at radius 3 is 2.19 bits per heavy atom. The van der Waals surface area contributed by atoms with E-state index in [0.717, 1.165) is 4.90 Å². The second-order valence-electron chi connectivity index (χ2n) is 4.79. The molecule has 0 radical (unpaired) electrons. The highest BCUT2D eigenvalue weighted by Crippen LogP contribution is 2.28. The lowest BCUT2D eigenvalue weighted by molar-refractivity contribution is -0.142. The molecule has 0 amide bonds. The van der Waals surface area contributed by atoms with Crippen molar-refractivity contribution in [3.05, 3.63) is 59.9 Å². The number of rotatable bonds is 5. The third-order valence-electron chi connectivity index (χ3n) is 3.33. The topological polar surface area (TPSA) is 49.3 Å². The first-order valence-electron chi connectivity index (χ1n) is 6.37. The molecule has 2 N–H and O–H groups in total. The molecule has 21 heavy (non-hydrogen) atoms. The summed E-state index contributed by atoms with van der Waals surface area (Å²) in [6.07, 6.45) is 1.96. The van der Waals surface area contributed by atoms with Crippen LogP contribution in [0.1, 0.15) is 12.5 Å². The third kappa shape index (κ3) is 3.36. The fourth-order valence-corrected chi connectivity index (χ4v) is 2.40. The largest absolute Gasteiger partial charge is 0.479 e. The molecule has 1 unspecified atom stereocenters. The Kier molecular flexibility index (Phi) is 4.53.